The molecule has 1 aliphatic rings. The van der Waals surface area contributed by atoms with Crippen molar-refractivity contribution >= 4 is 5.91 Å². The number of hydrogen-bond acceptors (Lipinski definition) is 2. The fourth-order valence-electron chi connectivity index (χ4n) is 3.33. The van der Waals surface area contributed by atoms with Gasteiger partial charge in [-0.25, -0.2) is 0 Å². The molecule has 1 amide bonds. The van der Waals surface area contributed by atoms with Crippen molar-refractivity contribution in [1.82, 2.24) is 5.32 Å². The molecule has 1 aliphatic carbocycles. The summed E-state index contributed by atoms with van der Waals surface area (Å²) < 4.78 is 0. The molecule has 3 N–H and O–H groups in total. The van der Waals surface area contributed by atoms with Crippen LogP contribution in [0.1, 0.15) is 48.8 Å². The smallest absolute Gasteiger partial charge is 0.220 e. The van der Waals surface area contributed by atoms with Gasteiger partial charge in [-0.3, -0.25) is 4.79 Å². The van der Waals surface area contributed by atoms with Crippen molar-refractivity contribution < 1.29 is 4.79 Å². The molecule has 0 spiro atoms. The minimum absolute atomic E-state index is 0.167. The quantitative estimate of drug-likeness (QED) is 0.875. The Balaban J connectivity index is 1.84. The number of rotatable bonds is 5. The van der Waals surface area contributed by atoms with Crippen LogP contribution in [-0.2, 0) is 11.2 Å². The fraction of sp³-hybridized carbons (Fsp3) is 0.611. The van der Waals surface area contributed by atoms with Crippen LogP contribution in [0, 0.1) is 19.8 Å². The first-order valence-electron chi connectivity index (χ1n) is 8.15. The summed E-state index contributed by atoms with van der Waals surface area (Å²) in [5, 5.41) is 3.20. The number of hydrogen-bond donors (Lipinski definition) is 2. The van der Waals surface area contributed by atoms with Crippen LogP contribution in [0.5, 0.6) is 0 Å². The maximum Gasteiger partial charge on any atom is 0.220 e. The fourth-order valence-corrected chi connectivity index (χ4v) is 3.33. The van der Waals surface area contributed by atoms with E-state index in [1.807, 2.05) is 0 Å². The van der Waals surface area contributed by atoms with Crippen molar-refractivity contribution in [3.8, 4) is 0 Å². The molecule has 3 heteroatoms. The molecule has 2 rings (SSSR count). The molecule has 0 heterocycles. The van der Waals surface area contributed by atoms with E-state index >= 15 is 0 Å². The van der Waals surface area contributed by atoms with Crippen LogP contribution >= 0.6 is 0 Å². The zero-order valence-corrected chi connectivity index (χ0v) is 13.3. The molecule has 1 aromatic carbocycles. The van der Waals surface area contributed by atoms with Crippen LogP contribution in [0.25, 0.3) is 0 Å². The Bertz CT molecular complexity index is 484. The molecule has 1 fully saturated rings. The third-order valence-electron chi connectivity index (χ3n) is 4.68. The lowest BCUT2D eigenvalue weighted by molar-refractivity contribution is -0.122. The summed E-state index contributed by atoms with van der Waals surface area (Å²) in [5.41, 5.74) is 9.64. The first-order valence-corrected chi connectivity index (χ1v) is 8.15. The molecule has 0 radical (unpaired) electrons. The van der Waals surface area contributed by atoms with E-state index < -0.39 is 0 Å². The van der Waals surface area contributed by atoms with E-state index in [4.69, 9.17) is 5.73 Å². The predicted octanol–water partition coefficient (Wildman–Crippen LogP) is 2.87. The molecule has 3 nitrogen and oxygen atoms in total. The first kappa shape index (κ1) is 16.0. The largest absolute Gasteiger partial charge is 0.353 e. The molecule has 0 aromatic heterocycles. The predicted molar refractivity (Wildman–Crippen MR) is 87.2 cm³/mol. The second kappa shape index (κ2) is 7.60. The summed E-state index contributed by atoms with van der Waals surface area (Å²) in [6.45, 7) is 4.90. The van der Waals surface area contributed by atoms with Gasteiger partial charge >= 0.3 is 0 Å². The van der Waals surface area contributed by atoms with Gasteiger partial charge in [-0.1, -0.05) is 36.6 Å². The molecule has 2 unspecified atom stereocenters. The summed E-state index contributed by atoms with van der Waals surface area (Å²) in [4.78, 5) is 12.2. The van der Waals surface area contributed by atoms with E-state index in [1.54, 1.807) is 0 Å². The lowest BCUT2D eigenvalue weighted by atomic mass is 9.84. The minimum Gasteiger partial charge on any atom is -0.353 e. The van der Waals surface area contributed by atoms with Gasteiger partial charge in [0.1, 0.15) is 0 Å². The Morgan fingerprint density at radius 2 is 2.05 bits per heavy atom. The van der Waals surface area contributed by atoms with E-state index in [0.717, 1.165) is 19.3 Å². The average molecular weight is 288 g/mol. The third-order valence-corrected chi connectivity index (χ3v) is 4.68. The molecule has 0 saturated heterocycles. The number of amides is 1. The maximum atomic E-state index is 12.2. The summed E-state index contributed by atoms with van der Waals surface area (Å²) in [5.74, 6) is 0.629. The second-order valence-electron chi connectivity index (χ2n) is 6.38. The Kier molecular flexibility index (Phi) is 5.80. The normalized spacial score (nSPS) is 22.0. The molecule has 21 heavy (non-hydrogen) atoms. The van der Waals surface area contributed by atoms with E-state index in [-0.39, 0.29) is 11.9 Å². The molecule has 0 aliphatic heterocycles. The number of nitrogens with two attached hydrogens (primary N) is 1. The highest BCUT2D eigenvalue weighted by atomic mass is 16.1. The monoisotopic (exact) mass is 288 g/mol. The third kappa shape index (κ3) is 4.57. The molecule has 116 valence electrons. The summed E-state index contributed by atoms with van der Waals surface area (Å²) >= 11 is 0. The van der Waals surface area contributed by atoms with Crippen LogP contribution in [0.3, 0.4) is 0 Å². The maximum absolute atomic E-state index is 12.2. The summed E-state index contributed by atoms with van der Waals surface area (Å²) in [6.07, 6.45) is 6.07. The van der Waals surface area contributed by atoms with Crippen LogP contribution in [0.15, 0.2) is 18.2 Å². The van der Waals surface area contributed by atoms with Crippen LogP contribution in [0.4, 0.5) is 0 Å². The van der Waals surface area contributed by atoms with Crippen molar-refractivity contribution in [2.75, 3.05) is 6.54 Å². The second-order valence-corrected chi connectivity index (χ2v) is 6.38. The van der Waals surface area contributed by atoms with E-state index in [2.05, 4.69) is 37.4 Å². The molecule has 1 aromatic rings. The van der Waals surface area contributed by atoms with Gasteiger partial charge in [0.15, 0.2) is 0 Å². The van der Waals surface area contributed by atoms with Crippen molar-refractivity contribution in [2.24, 2.45) is 11.7 Å². The highest BCUT2D eigenvalue weighted by Gasteiger charge is 2.25. The van der Waals surface area contributed by atoms with Crippen molar-refractivity contribution in [2.45, 2.75) is 58.4 Å². The number of nitrogens with one attached hydrogen (secondary N) is 1. The number of aryl methyl sites for hydroxylation is 3. The van der Waals surface area contributed by atoms with Crippen LogP contribution in [0.2, 0.25) is 0 Å². The highest BCUT2D eigenvalue weighted by molar-refractivity contribution is 5.76. The lowest BCUT2D eigenvalue weighted by Gasteiger charge is -2.31. The molecular weight excluding hydrogens is 260 g/mol. The van der Waals surface area contributed by atoms with E-state index in [0.29, 0.717) is 18.9 Å². The van der Waals surface area contributed by atoms with Gasteiger partial charge in [-0.2, -0.15) is 0 Å². The number of carbonyl (C=O) groups is 1. The van der Waals surface area contributed by atoms with E-state index in [1.165, 1.54) is 29.5 Å². The standard InChI is InChI=1S/C18H28N2O/c1-13-7-8-15(14(2)11-13)9-10-18(21)20-17-6-4-3-5-16(17)12-19/h7-8,11,16-17H,3-6,9-10,12,19H2,1-2H3,(H,20,21). The summed E-state index contributed by atoms with van der Waals surface area (Å²) in [7, 11) is 0. The molecular formula is C18H28N2O. The number of carbonyl (C=O) groups excluding carboxylic acids is 1. The lowest BCUT2D eigenvalue weighted by Crippen LogP contribution is -2.44. The molecule has 0 bridgehead atoms. The molecule has 1 saturated carbocycles. The zero-order chi connectivity index (χ0) is 15.2. The minimum atomic E-state index is 0.167. The van der Waals surface area contributed by atoms with Crippen LogP contribution < -0.4 is 11.1 Å². The Morgan fingerprint density at radius 1 is 1.29 bits per heavy atom. The van der Waals surface area contributed by atoms with Gasteiger partial charge in [0.2, 0.25) is 5.91 Å². The number of benzene rings is 1. The first-order chi connectivity index (χ1) is 10.1. The van der Waals surface area contributed by atoms with Crippen molar-refractivity contribution in [1.29, 1.82) is 0 Å². The topological polar surface area (TPSA) is 55.1 Å². The Labute approximate surface area is 128 Å². The average Bonchev–Trinajstić information content (AvgIpc) is 2.47. The van der Waals surface area contributed by atoms with Gasteiger partial charge in [0.05, 0.1) is 0 Å². The van der Waals surface area contributed by atoms with Crippen molar-refractivity contribution in [3.05, 3.63) is 34.9 Å². The Hall–Kier alpha value is -1.35. The zero-order valence-electron chi connectivity index (χ0n) is 13.3. The van der Waals surface area contributed by atoms with Gasteiger partial charge in [-0.15, -0.1) is 0 Å². The van der Waals surface area contributed by atoms with E-state index in [9.17, 15) is 4.79 Å². The molecule has 2 atom stereocenters. The highest BCUT2D eigenvalue weighted by Crippen LogP contribution is 2.23. The van der Waals surface area contributed by atoms with Gasteiger partial charge < -0.3 is 11.1 Å². The Morgan fingerprint density at radius 3 is 2.76 bits per heavy atom. The van der Waals surface area contributed by atoms with Gasteiger partial charge in [-0.05, 0) is 56.7 Å². The van der Waals surface area contributed by atoms with Gasteiger partial charge in [0, 0.05) is 12.5 Å². The summed E-state index contributed by atoms with van der Waals surface area (Å²) in [6, 6.07) is 6.72. The SMILES string of the molecule is Cc1ccc(CCC(=O)NC2CCCCC2CN)c(C)c1. The van der Waals surface area contributed by atoms with Gasteiger partial charge in [0.25, 0.3) is 0 Å². The van der Waals surface area contributed by atoms with Crippen molar-refractivity contribution in [3.63, 3.8) is 0 Å². The van der Waals surface area contributed by atoms with Crippen LogP contribution in [-0.4, -0.2) is 18.5 Å².